The van der Waals surface area contributed by atoms with Gasteiger partial charge in [-0.15, -0.1) is 5.10 Å². The third kappa shape index (κ3) is 4.30. The Kier molecular flexibility index (Phi) is 6.18. The van der Waals surface area contributed by atoms with E-state index < -0.39 is 0 Å². The van der Waals surface area contributed by atoms with E-state index in [0.29, 0.717) is 6.04 Å². The van der Waals surface area contributed by atoms with E-state index in [-0.39, 0.29) is 5.60 Å². The Balaban J connectivity index is 2.68. The molecule has 0 aliphatic rings. The standard InChI is InChI=1S/C13H25N3OS/c1-6-7-11-12(18-16-15-11)10(14-4)8-9-13(2,3)17-5/h10,14H,6-9H2,1-5H3. The van der Waals surface area contributed by atoms with Crippen molar-refractivity contribution in [2.75, 3.05) is 14.2 Å². The van der Waals surface area contributed by atoms with Crippen LogP contribution >= 0.6 is 11.5 Å². The molecule has 18 heavy (non-hydrogen) atoms. The van der Waals surface area contributed by atoms with Crippen LogP contribution in [0.4, 0.5) is 0 Å². The number of hydrogen-bond acceptors (Lipinski definition) is 5. The largest absolute Gasteiger partial charge is 0.379 e. The molecule has 5 heteroatoms. The molecule has 1 aromatic heterocycles. The molecule has 0 aromatic carbocycles. The molecular weight excluding hydrogens is 246 g/mol. The Labute approximate surface area is 114 Å². The Morgan fingerprint density at radius 3 is 2.72 bits per heavy atom. The summed E-state index contributed by atoms with van der Waals surface area (Å²) in [4.78, 5) is 1.28. The molecule has 0 amide bonds. The van der Waals surface area contributed by atoms with Crippen LogP contribution in [0.2, 0.25) is 0 Å². The first kappa shape index (κ1) is 15.5. The molecule has 1 atom stereocenters. The van der Waals surface area contributed by atoms with Gasteiger partial charge in [-0.1, -0.05) is 17.8 Å². The fraction of sp³-hybridized carbons (Fsp3) is 0.846. The molecule has 0 aliphatic heterocycles. The summed E-state index contributed by atoms with van der Waals surface area (Å²) >= 11 is 1.52. The first-order valence-electron chi connectivity index (χ1n) is 6.57. The molecule has 0 aliphatic carbocycles. The quantitative estimate of drug-likeness (QED) is 0.789. The third-order valence-corrected chi connectivity index (χ3v) is 4.20. The average molecular weight is 271 g/mol. The van der Waals surface area contributed by atoms with Crippen LogP contribution in [0, 0.1) is 0 Å². The molecule has 0 spiro atoms. The minimum Gasteiger partial charge on any atom is -0.379 e. The topological polar surface area (TPSA) is 47.0 Å². The second kappa shape index (κ2) is 7.16. The van der Waals surface area contributed by atoms with E-state index in [2.05, 4.69) is 35.7 Å². The van der Waals surface area contributed by atoms with Crippen molar-refractivity contribution < 1.29 is 4.74 Å². The second-order valence-electron chi connectivity index (χ2n) is 5.18. The van der Waals surface area contributed by atoms with E-state index in [0.717, 1.165) is 31.4 Å². The Hall–Kier alpha value is -0.520. The van der Waals surface area contributed by atoms with Gasteiger partial charge in [0, 0.05) is 13.2 Å². The van der Waals surface area contributed by atoms with E-state index in [9.17, 15) is 0 Å². The molecular formula is C13H25N3OS. The first-order valence-corrected chi connectivity index (χ1v) is 7.35. The summed E-state index contributed by atoms with van der Waals surface area (Å²) in [7, 11) is 3.77. The Morgan fingerprint density at radius 1 is 1.44 bits per heavy atom. The number of aryl methyl sites for hydroxylation is 1. The number of methoxy groups -OCH3 is 1. The summed E-state index contributed by atoms with van der Waals surface area (Å²) in [6.45, 7) is 6.42. The monoisotopic (exact) mass is 271 g/mol. The zero-order valence-corrected chi connectivity index (χ0v) is 12.9. The number of hydrogen-bond donors (Lipinski definition) is 1. The highest BCUT2D eigenvalue weighted by Gasteiger charge is 2.22. The number of nitrogens with zero attached hydrogens (tertiary/aromatic N) is 2. The number of ether oxygens (including phenoxy) is 1. The summed E-state index contributed by atoms with van der Waals surface area (Å²) in [6.07, 6.45) is 4.17. The van der Waals surface area contributed by atoms with Gasteiger partial charge in [0.2, 0.25) is 0 Å². The van der Waals surface area contributed by atoms with E-state index in [1.807, 2.05) is 7.05 Å². The van der Waals surface area contributed by atoms with Crippen molar-refractivity contribution >= 4 is 11.5 Å². The van der Waals surface area contributed by atoms with Crippen molar-refractivity contribution in [2.45, 2.75) is 58.1 Å². The average Bonchev–Trinajstić information content (AvgIpc) is 2.79. The van der Waals surface area contributed by atoms with Gasteiger partial charge in [-0.25, -0.2) is 0 Å². The summed E-state index contributed by atoms with van der Waals surface area (Å²) in [5, 5.41) is 7.61. The van der Waals surface area contributed by atoms with Gasteiger partial charge in [-0.2, -0.15) is 0 Å². The van der Waals surface area contributed by atoms with Crippen LogP contribution in [0.15, 0.2) is 0 Å². The fourth-order valence-corrected chi connectivity index (χ4v) is 2.73. The van der Waals surface area contributed by atoms with Crippen molar-refractivity contribution in [2.24, 2.45) is 0 Å². The Morgan fingerprint density at radius 2 is 2.17 bits per heavy atom. The van der Waals surface area contributed by atoms with Crippen molar-refractivity contribution in [1.29, 1.82) is 0 Å². The molecule has 1 rings (SSSR count). The Bertz CT molecular complexity index is 352. The maximum atomic E-state index is 5.47. The zero-order valence-electron chi connectivity index (χ0n) is 12.1. The lowest BCUT2D eigenvalue weighted by atomic mass is 9.97. The van der Waals surface area contributed by atoms with Gasteiger partial charge in [0.25, 0.3) is 0 Å². The van der Waals surface area contributed by atoms with Gasteiger partial charge in [0.15, 0.2) is 0 Å². The highest BCUT2D eigenvalue weighted by molar-refractivity contribution is 7.05. The SMILES string of the molecule is CCCc1nnsc1C(CCC(C)(C)OC)NC. The van der Waals surface area contributed by atoms with Gasteiger partial charge < -0.3 is 10.1 Å². The van der Waals surface area contributed by atoms with Crippen LogP contribution in [-0.4, -0.2) is 29.3 Å². The molecule has 0 fully saturated rings. The zero-order chi connectivity index (χ0) is 13.6. The molecule has 1 aromatic rings. The minimum atomic E-state index is -0.0713. The molecule has 0 saturated heterocycles. The van der Waals surface area contributed by atoms with Crippen LogP contribution in [0.25, 0.3) is 0 Å². The van der Waals surface area contributed by atoms with Crippen molar-refractivity contribution in [1.82, 2.24) is 14.9 Å². The summed E-state index contributed by atoms with van der Waals surface area (Å²) in [6, 6.07) is 0.334. The summed E-state index contributed by atoms with van der Waals surface area (Å²) in [5.74, 6) is 0. The number of aromatic nitrogens is 2. The smallest absolute Gasteiger partial charge is 0.0803 e. The molecule has 4 nitrogen and oxygen atoms in total. The van der Waals surface area contributed by atoms with Crippen molar-refractivity contribution in [3.05, 3.63) is 10.6 Å². The van der Waals surface area contributed by atoms with Crippen molar-refractivity contribution in [3.8, 4) is 0 Å². The molecule has 0 bridgehead atoms. The molecule has 0 saturated carbocycles. The van der Waals surface area contributed by atoms with Crippen LogP contribution in [0.1, 0.15) is 56.6 Å². The van der Waals surface area contributed by atoms with Crippen LogP contribution in [0.3, 0.4) is 0 Å². The van der Waals surface area contributed by atoms with Crippen LogP contribution < -0.4 is 5.32 Å². The van der Waals surface area contributed by atoms with Gasteiger partial charge >= 0.3 is 0 Å². The maximum absolute atomic E-state index is 5.47. The molecule has 1 N–H and O–H groups in total. The second-order valence-corrected chi connectivity index (χ2v) is 5.96. The lowest BCUT2D eigenvalue weighted by Gasteiger charge is -2.25. The van der Waals surface area contributed by atoms with Gasteiger partial charge in [-0.3, -0.25) is 0 Å². The lowest BCUT2D eigenvalue weighted by molar-refractivity contribution is 0.0119. The van der Waals surface area contributed by atoms with Gasteiger partial charge in [0.05, 0.1) is 16.2 Å². The van der Waals surface area contributed by atoms with E-state index in [1.54, 1.807) is 7.11 Å². The highest BCUT2D eigenvalue weighted by atomic mass is 32.1. The normalized spacial score (nSPS) is 13.8. The van der Waals surface area contributed by atoms with E-state index >= 15 is 0 Å². The molecule has 0 radical (unpaired) electrons. The minimum absolute atomic E-state index is 0.0713. The summed E-state index contributed by atoms with van der Waals surface area (Å²) in [5.41, 5.74) is 1.08. The predicted molar refractivity (Wildman–Crippen MR) is 76.0 cm³/mol. The molecule has 1 heterocycles. The van der Waals surface area contributed by atoms with E-state index in [1.165, 1.54) is 16.4 Å². The van der Waals surface area contributed by atoms with Gasteiger partial charge in [0.1, 0.15) is 0 Å². The molecule has 104 valence electrons. The first-order chi connectivity index (χ1) is 8.54. The predicted octanol–water partition coefficient (Wildman–Crippen LogP) is 2.96. The third-order valence-electron chi connectivity index (χ3n) is 3.32. The van der Waals surface area contributed by atoms with Crippen molar-refractivity contribution in [3.63, 3.8) is 0 Å². The fourth-order valence-electron chi connectivity index (χ4n) is 1.89. The van der Waals surface area contributed by atoms with E-state index in [4.69, 9.17) is 4.74 Å². The van der Waals surface area contributed by atoms with Crippen LogP contribution in [-0.2, 0) is 11.2 Å². The highest BCUT2D eigenvalue weighted by Crippen LogP contribution is 2.28. The number of nitrogens with one attached hydrogen (secondary N) is 1. The maximum Gasteiger partial charge on any atom is 0.0803 e. The molecule has 1 unspecified atom stereocenters. The lowest BCUT2D eigenvalue weighted by Crippen LogP contribution is -2.26. The van der Waals surface area contributed by atoms with Gasteiger partial charge in [-0.05, 0) is 51.7 Å². The van der Waals surface area contributed by atoms with Crippen LogP contribution in [0.5, 0.6) is 0 Å². The number of rotatable bonds is 8. The summed E-state index contributed by atoms with van der Waals surface area (Å²) < 4.78 is 9.57.